The molecule has 2 rings (SSSR count). The van der Waals surface area contributed by atoms with Gasteiger partial charge in [-0.2, -0.15) is 0 Å². The van der Waals surface area contributed by atoms with Gasteiger partial charge in [0, 0.05) is 13.1 Å². The van der Waals surface area contributed by atoms with Gasteiger partial charge >= 0.3 is 0 Å². The number of hydrogen-bond donors (Lipinski definition) is 0. The maximum atomic E-state index is 4.36. The molecule has 0 saturated carbocycles. The molecular weight excluding hydrogens is 248 g/mol. The Labute approximate surface area is 91.1 Å². The zero-order valence-electron chi connectivity index (χ0n) is 7.83. The summed E-state index contributed by atoms with van der Waals surface area (Å²) in [6.07, 6.45) is 1.88. The van der Waals surface area contributed by atoms with E-state index in [1.54, 1.807) is 11.3 Å². The third-order valence-electron chi connectivity index (χ3n) is 2.72. The van der Waals surface area contributed by atoms with Gasteiger partial charge in [-0.15, -0.1) is 0 Å². The van der Waals surface area contributed by atoms with E-state index in [4.69, 9.17) is 0 Å². The Hall–Kier alpha value is -0.0900. The van der Waals surface area contributed by atoms with Crippen molar-refractivity contribution in [2.75, 3.05) is 18.0 Å². The number of rotatable bonds is 1. The van der Waals surface area contributed by atoms with Gasteiger partial charge in [0.2, 0.25) is 0 Å². The fraction of sp³-hybridized carbons (Fsp3) is 0.667. The average molecular weight is 261 g/mol. The highest BCUT2D eigenvalue weighted by molar-refractivity contribution is 9.11. The van der Waals surface area contributed by atoms with Crippen LogP contribution in [0.3, 0.4) is 0 Å². The Morgan fingerprint density at radius 1 is 1.46 bits per heavy atom. The molecule has 0 aliphatic carbocycles. The van der Waals surface area contributed by atoms with Crippen LogP contribution in [0.5, 0.6) is 0 Å². The predicted molar refractivity (Wildman–Crippen MR) is 60.4 cm³/mol. The maximum absolute atomic E-state index is 4.36. The van der Waals surface area contributed by atoms with E-state index in [0.29, 0.717) is 0 Å². The molecule has 1 aromatic heterocycles. The predicted octanol–water partition coefficient (Wildman–Crippen LogP) is 3.00. The van der Waals surface area contributed by atoms with E-state index in [9.17, 15) is 0 Å². The highest BCUT2D eigenvalue weighted by Gasteiger charge is 2.27. The molecule has 2 heterocycles. The van der Waals surface area contributed by atoms with Gasteiger partial charge in [-0.3, -0.25) is 0 Å². The molecular formula is C9H13BrN2S. The fourth-order valence-corrected chi connectivity index (χ4v) is 2.88. The van der Waals surface area contributed by atoms with Crippen molar-refractivity contribution in [3.05, 3.63) is 9.98 Å². The van der Waals surface area contributed by atoms with E-state index in [-0.39, 0.29) is 0 Å². The number of anilines is 1. The van der Waals surface area contributed by atoms with Crippen LogP contribution in [0.25, 0.3) is 0 Å². The van der Waals surface area contributed by atoms with E-state index in [2.05, 4.69) is 39.7 Å². The third kappa shape index (κ3) is 1.89. The van der Waals surface area contributed by atoms with E-state index in [0.717, 1.165) is 33.8 Å². The van der Waals surface area contributed by atoms with Gasteiger partial charge in [-0.05, 0) is 27.8 Å². The Morgan fingerprint density at radius 2 is 2.08 bits per heavy atom. The first-order chi connectivity index (χ1) is 6.16. The zero-order valence-corrected chi connectivity index (χ0v) is 10.2. The SMILES string of the molecule is CC1CN(c2ncc(Br)s2)CC1C. The molecule has 2 unspecified atom stereocenters. The molecule has 1 aliphatic heterocycles. The molecule has 0 radical (unpaired) electrons. The van der Waals surface area contributed by atoms with Crippen LogP contribution in [-0.2, 0) is 0 Å². The van der Waals surface area contributed by atoms with E-state index in [1.807, 2.05) is 6.20 Å². The summed E-state index contributed by atoms with van der Waals surface area (Å²) in [6.45, 7) is 6.93. The summed E-state index contributed by atoms with van der Waals surface area (Å²) in [7, 11) is 0. The molecule has 2 atom stereocenters. The lowest BCUT2D eigenvalue weighted by Gasteiger charge is -2.13. The van der Waals surface area contributed by atoms with Crippen molar-refractivity contribution in [2.24, 2.45) is 11.8 Å². The van der Waals surface area contributed by atoms with Crippen molar-refractivity contribution >= 4 is 32.4 Å². The monoisotopic (exact) mass is 260 g/mol. The molecule has 0 bridgehead atoms. The molecule has 0 aromatic carbocycles. The summed E-state index contributed by atoms with van der Waals surface area (Å²) in [4.78, 5) is 6.74. The Morgan fingerprint density at radius 3 is 2.54 bits per heavy atom. The quantitative estimate of drug-likeness (QED) is 0.772. The lowest BCUT2D eigenvalue weighted by Crippen LogP contribution is -2.18. The minimum absolute atomic E-state index is 0.794. The number of aromatic nitrogens is 1. The lowest BCUT2D eigenvalue weighted by atomic mass is 10.0. The van der Waals surface area contributed by atoms with Crippen LogP contribution in [0, 0.1) is 11.8 Å². The second kappa shape index (κ2) is 3.58. The first-order valence-electron chi connectivity index (χ1n) is 4.53. The molecule has 1 fully saturated rings. The fourth-order valence-electron chi connectivity index (χ4n) is 1.68. The van der Waals surface area contributed by atoms with Crippen LogP contribution >= 0.6 is 27.3 Å². The second-order valence-corrected chi connectivity index (χ2v) is 6.19. The van der Waals surface area contributed by atoms with Crippen LogP contribution in [0.1, 0.15) is 13.8 Å². The van der Waals surface area contributed by atoms with Gasteiger partial charge in [0.25, 0.3) is 0 Å². The third-order valence-corrected chi connectivity index (χ3v) is 4.26. The Kier molecular flexibility index (Phi) is 2.60. The van der Waals surface area contributed by atoms with Gasteiger partial charge in [0.05, 0.1) is 9.98 Å². The number of hydrogen-bond acceptors (Lipinski definition) is 3. The van der Waals surface area contributed by atoms with Crippen LogP contribution in [0.15, 0.2) is 9.98 Å². The van der Waals surface area contributed by atoms with Crippen molar-refractivity contribution in [2.45, 2.75) is 13.8 Å². The minimum atomic E-state index is 0.794. The minimum Gasteiger partial charge on any atom is -0.348 e. The molecule has 0 amide bonds. The van der Waals surface area contributed by atoms with Crippen molar-refractivity contribution in [1.82, 2.24) is 4.98 Å². The first kappa shape index (κ1) is 9.46. The zero-order chi connectivity index (χ0) is 9.42. The van der Waals surface area contributed by atoms with E-state index >= 15 is 0 Å². The molecule has 1 aliphatic rings. The summed E-state index contributed by atoms with van der Waals surface area (Å²) in [5, 5.41) is 1.16. The van der Waals surface area contributed by atoms with Crippen molar-refractivity contribution in [1.29, 1.82) is 0 Å². The topological polar surface area (TPSA) is 16.1 Å². The van der Waals surface area contributed by atoms with Crippen LogP contribution in [0.4, 0.5) is 5.13 Å². The van der Waals surface area contributed by atoms with Crippen LogP contribution in [0.2, 0.25) is 0 Å². The van der Waals surface area contributed by atoms with Gasteiger partial charge < -0.3 is 4.90 Å². The summed E-state index contributed by atoms with van der Waals surface area (Å²) in [5.74, 6) is 1.59. The Bertz CT molecular complexity index is 290. The second-order valence-electron chi connectivity index (χ2n) is 3.81. The Balaban J connectivity index is 2.11. The van der Waals surface area contributed by atoms with Gasteiger partial charge in [-0.1, -0.05) is 25.2 Å². The summed E-state index contributed by atoms with van der Waals surface area (Å²) >= 11 is 5.16. The smallest absolute Gasteiger partial charge is 0.186 e. The number of halogens is 1. The van der Waals surface area contributed by atoms with E-state index in [1.165, 1.54) is 0 Å². The lowest BCUT2D eigenvalue weighted by molar-refractivity contribution is 0.494. The molecule has 0 spiro atoms. The van der Waals surface area contributed by atoms with Gasteiger partial charge in [-0.25, -0.2) is 4.98 Å². The summed E-state index contributed by atoms with van der Waals surface area (Å²) in [5.41, 5.74) is 0. The van der Waals surface area contributed by atoms with Crippen molar-refractivity contribution in [3.63, 3.8) is 0 Å². The largest absolute Gasteiger partial charge is 0.348 e. The first-order valence-corrected chi connectivity index (χ1v) is 6.14. The van der Waals surface area contributed by atoms with Gasteiger partial charge in [0.1, 0.15) is 0 Å². The molecule has 1 aromatic rings. The van der Waals surface area contributed by atoms with Gasteiger partial charge in [0.15, 0.2) is 5.13 Å². The standard InChI is InChI=1S/C9H13BrN2S/c1-6-4-12(5-7(6)2)9-11-3-8(10)13-9/h3,6-7H,4-5H2,1-2H3. The average Bonchev–Trinajstić information content (AvgIpc) is 2.61. The van der Waals surface area contributed by atoms with Crippen LogP contribution < -0.4 is 4.90 Å². The van der Waals surface area contributed by atoms with E-state index < -0.39 is 0 Å². The molecule has 1 saturated heterocycles. The normalized spacial score (nSPS) is 28.4. The maximum Gasteiger partial charge on any atom is 0.186 e. The highest BCUT2D eigenvalue weighted by Crippen LogP contribution is 2.32. The molecule has 4 heteroatoms. The number of thiazole rings is 1. The van der Waals surface area contributed by atoms with Crippen molar-refractivity contribution < 1.29 is 0 Å². The highest BCUT2D eigenvalue weighted by atomic mass is 79.9. The molecule has 13 heavy (non-hydrogen) atoms. The van der Waals surface area contributed by atoms with Crippen molar-refractivity contribution in [3.8, 4) is 0 Å². The molecule has 72 valence electrons. The van der Waals surface area contributed by atoms with Crippen LogP contribution in [-0.4, -0.2) is 18.1 Å². The summed E-state index contributed by atoms with van der Waals surface area (Å²) in [6, 6.07) is 0. The number of nitrogens with zero attached hydrogens (tertiary/aromatic N) is 2. The summed E-state index contributed by atoms with van der Waals surface area (Å²) < 4.78 is 1.12. The molecule has 2 nitrogen and oxygen atoms in total. The molecule has 0 N–H and O–H groups in total.